The highest BCUT2D eigenvalue weighted by Crippen LogP contribution is 2.32. The van der Waals surface area contributed by atoms with Gasteiger partial charge in [-0.1, -0.05) is 25.1 Å². The van der Waals surface area contributed by atoms with Gasteiger partial charge in [-0.25, -0.2) is 8.78 Å². The van der Waals surface area contributed by atoms with E-state index in [2.05, 4.69) is 19.1 Å². The molecule has 2 aromatic carbocycles. The van der Waals surface area contributed by atoms with Crippen molar-refractivity contribution in [3.05, 3.63) is 59.9 Å². The van der Waals surface area contributed by atoms with Gasteiger partial charge in [0.05, 0.1) is 13.2 Å². The number of benzene rings is 2. The number of ether oxygens (including phenoxy) is 2. The zero-order valence-electron chi connectivity index (χ0n) is 15.5. The van der Waals surface area contributed by atoms with Gasteiger partial charge in [0, 0.05) is 11.5 Å². The molecule has 3 rings (SSSR count). The minimum Gasteiger partial charge on any atom is -0.491 e. The van der Waals surface area contributed by atoms with Gasteiger partial charge in [-0.3, -0.25) is 0 Å². The second-order valence-corrected chi connectivity index (χ2v) is 6.83. The first kappa shape index (κ1) is 19.3. The second-order valence-electron chi connectivity index (χ2n) is 6.83. The van der Waals surface area contributed by atoms with Crippen molar-refractivity contribution in [3.63, 3.8) is 0 Å². The van der Waals surface area contributed by atoms with Crippen LogP contribution in [0.2, 0.25) is 0 Å². The van der Waals surface area contributed by atoms with E-state index in [4.69, 9.17) is 9.47 Å². The third kappa shape index (κ3) is 4.46. The molecule has 0 fully saturated rings. The summed E-state index contributed by atoms with van der Waals surface area (Å²) in [6.45, 7) is 4.47. The summed E-state index contributed by atoms with van der Waals surface area (Å²) in [7, 11) is 0. The molecule has 2 nitrogen and oxygen atoms in total. The van der Waals surface area contributed by atoms with Crippen LogP contribution < -0.4 is 9.47 Å². The lowest BCUT2D eigenvalue weighted by Gasteiger charge is -2.20. The Kier molecular flexibility index (Phi) is 6.09. The molecule has 0 saturated heterocycles. The number of rotatable bonds is 6. The highest BCUT2D eigenvalue weighted by molar-refractivity contribution is 5.66. The summed E-state index contributed by atoms with van der Waals surface area (Å²) >= 11 is 0. The van der Waals surface area contributed by atoms with E-state index in [0.717, 1.165) is 18.9 Å². The van der Waals surface area contributed by atoms with Crippen molar-refractivity contribution < 1.29 is 22.6 Å². The van der Waals surface area contributed by atoms with Gasteiger partial charge in [-0.15, -0.1) is 0 Å². The maximum absolute atomic E-state index is 14.4. The summed E-state index contributed by atoms with van der Waals surface area (Å²) in [5.74, 6) is -1.95. The number of hydrogen-bond donors (Lipinski definition) is 0. The summed E-state index contributed by atoms with van der Waals surface area (Å²) in [5.41, 5.74) is 0.219. The molecule has 2 unspecified atom stereocenters. The summed E-state index contributed by atoms with van der Waals surface area (Å²) in [5, 5.41) is 0. The minimum absolute atomic E-state index is 0.0226. The lowest BCUT2D eigenvalue weighted by atomic mass is 9.90. The van der Waals surface area contributed by atoms with Gasteiger partial charge in [-0.05, 0) is 55.5 Å². The van der Waals surface area contributed by atoms with Crippen LogP contribution in [0.1, 0.15) is 26.7 Å². The van der Waals surface area contributed by atoms with Crippen LogP contribution in [0.4, 0.5) is 13.2 Å². The van der Waals surface area contributed by atoms with Gasteiger partial charge in [0.25, 0.3) is 0 Å². The summed E-state index contributed by atoms with van der Waals surface area (Å²) in [6, 6.07) is 6.86. The van der Waals surface area contributed by atoms with E-state index >= 15 is 0 Å². The fourth-order valence-corrected chi connectivity index (χ4v) is 3.16. The molecule has 0 spiro atoms. The van der Waals surface area contributed by atoms with Crippen LogP contribution in [0.3, 0.4) is 0 Å². The first-order chi connectivity index (χ1) is 13.0. The molecule has 2 aromatic rings. The Morgan fingerprint density at radius 3 is 2.37 bits per heavy atom. The quantitative estimate of drug-likeness (QED) is 0.563. The Morgan fingerprint density at radius 1 is 0.926 bits per heavy atom. The van der Waals surface area contributed by atoms with Crippen molar-refractivity contribution in [2.45, 2.75) is 26.7 Å². The topological polar surface area (TPSA) is 18.5 Å². The molecule has 0 bridgehead atoms. The minimum atomic E-state index is -1.08. The molecule has 1 aliphatic rings. The molecule has 144 valence electrons. The van der Waals surface area contributed by atoms with Crippen molar-refractivity contribution in [2.24, 2.45) is 11.8 Å². The highest BCUT2D eigenvalue weighted by Gasteiger charge is 2.18. The van der Waals surface area contributed by atoms with Gasteiger partial charge in [0.1, 0.15) is 0 Å². The molecule has 0 aliphatic heterocycles. The molecule has 0 amide bonds. The predicted octanol–water partition coefficient (Wildman–Crippen LogP) is 6.15. The molecule has 5 heteroatoms. The van der Waals surface area contributed by atoms with Crippen LogP contribution in [0.25, 0.3) is 11.1 Å². The Morgan fingerprint density at radius 2 is 1.70 bits per heavy atom. The van der Waals surface area contributed by atoms with Crippen LogP contribution >= 0.6 is 0 Å². The smallest absolute Gasteiger partial charge is 0.201 e. The number of allylic oxidation sites excluding steroid dienone is 1. The Bertz CT molecular complexity index is 833. The first-order valence-corrected chi connectivity index (χ1v) is 9.21. The molecular formula is C22H23F3O2. The standard InChI is InChI=1S/C22H23F3O2/c1-3-26-20-11-9-17(21(24)22(20)25)16-8-10-19(18(23)12-16)27-13-15-6-4-14(2)5-7-15/h4,6,8-12,14-15H,3,5,7,13H2,1-2H3. The molecule has 0 saturated carbocycles. The van der Waals surface area contributed by atoms with Gasteiger partial charge >= 0.3 is 0 Å². The average molecular weight is 376 g/mol. The maximum Gasteiger partial charge on any atom is 0.201 e. The first-order valence-electron chi connectivity index (χ1n) is 9.21. The number of halogens is 3. The van der Waals surface area contributed by atoms with Crippen LogP contribution in [0.5, 0.6) is 11.5 Å². The Hall–Kier alpha value is -2.43. The Labute approximate surface area is 157 Å². The molecule has 0 N–H and O–H groups in total. The largest absolute Gasteiger partial charge is 0.491 e. The van der Waals surface area contributed by atoms with Gasteiger partial charge in [0.15, 0.2) is 23.1 Å². The van der Waals surface area contributed by atoms with E-state index in [-0.39, 0.29) is 35.2 Å². The normalized spacial score (nSPS) is 19.1. The fraction of sp³-hybridized carbons (Fsp3) is 0.364. The SMILES string of the molecule is CCOc1ccc(-c2ccc(OCC3C=CC(C)CC3)c(F)c2)c(F)c1F. The van der Waals surface area contributed by atoms with E-state index in [1.807, 2.05) is 0 Å². The van der Waals surface area contributed by atoms with E-state index in [9.17, 15) is 13.2 Å². The molecular weight excluding hydrogens is 353 g/mol. The summed E-state index contributed by atoms with van der Waals surface area (Å²) in [4.78, 5) is 0. The van der Waals surface area contributed by atoms with Crippen molar-refractivity contribution in [1.29, 1.82) is 0 Å². The van der Waals surface area contributed by atoms with Crippen molar-refractivity contribution >= 4 is 0 Å². The van der Waals surface area contributed by atoms with Gasteiger partial charge in [0.2, 0.25) is 5.82 Å². The zero-order valence-corrected chi connectivity index (χ0v) is 15.5. The van der Waals surface area contributed by atoms with E-state index in [1.54, 1.807) is 6.92 Å². The summed E-state index contributed by atoms with van der Waals surface area (Å²) in [6.07, 6.45) is 6.36. The van der Waals surface area contributed by atoms with Crippen LogP contribution in [-0.4, -0.2) is 13.2 Å². The van der Waals surface area contributed by atoms with E-state index < -0.39 is 17.5 Å². The second kappa shape index (κ2) is 8.51. The molecule has 0 heterocycles. The van der Waals surface area contributed by atoms with E-state index in [1.165, 1.54) is 24.3 Å². The van der Waals surface area contributed by atoms with Crippen molar-refractivity contribution in [1.82, 2.24) is 0 Å². The zero-order chi connectivity index (χ0) is 19.4. The van der Waals surface area contributed by atoms with Crippen LogP contribution in [-0.2, 0) is 0 Å². The van der Waals surface area contributed by atoms with Gasteiger partial charge in [-0.2, -0.15) is 4.39 Å². The molecule has 0 radical (unpaired) electrons. The maximum atomic E-state index is 14.4. The third-order valence-electron chi connectivity index (χ3n) is 4.75. The van der Waals surface area contributed by atoms with Crippen molar-refractivity contribution in [3.8, 4) is 22.6 Å². The van der Waals surface area contributed by atoms with Crippen molar-refractivity contribution in [2.75, 3.05) is 13.2 Å². The molecule has 0 aromatic heterocycles. The van der Waals surface area contributed by atoms with Crippen LogP contribution in [0.15, 0.2) is 42.5 Å². The molecule has 1 aliphatic carbocycles. The van der Waals surface area contributed by atoms with E-state index in [0.29, 0.717) is 12.5 Å². The monoisotopic (exact) mass is 376 g/mol. The lowest BCUT2D eigenvalue weighted by Crippen LogP contribution is -2.14. The fourth-order valence-electron chi connectivity index (χ4n) is 3.16. The molecule has 2 atom stereocenters. The third-order valence-corrected chi connectivity index (χ3v) is 4.75. The van der Waals surface area contributed by atoms with Gasteiger partial charge < -0.3 is 9.47 Å². The summed E-state index contributed by atoms with van der Waals surface area (Å²) < 4.78 is 53.4. The van der Waals surface area contributed by atoms with Crippen LogP contribution in [0, 0.1) is 29.3 Å². The highest BCUT2D eigenvalue weighted by atomic mass is 19.2. The predicted molar refractivity (Wildman–Crippen MR) is 99.4 cm³/mol. The lowest BCUT2D eigenvalue weighted by molar-refractivity contribution is 0.247. The number of hydrogen-bond acceptors (Lipinski definition) is 2. The Balaban J connectivity index is 1.75. The molecule has 27 heavy (non-hydrogen) atoms. The average Bonchev–Trinajstić information content (AvgIpc) is 2.66.